The van der Waals surface area contributed by atoms with Gasteiger partial charge >= 0.3 is 0 Å². The van der Waals surface area contributed by atoms with Gasteiger partial charge < -0.3 is 5.32 Å². The van der Waals surface area contributed by atoms with Gasteiger partial charge in [-0.05, 0) is 43.6 Å². The first-order valence-electron chi connectivity index (χ1n) is 6.48. The second kappa shape index (κ2) is 5.78. The van der Waals surface area contributed by atoms with Gasteiger partial charge in [-0.15, -0.1) is 0 Å². The summed E-state index contributed by atoms with van der Waals surface area (Å²) in [7, 11) is 0. The number of rotatable bonds is 4. The van der Waals surface area contributed by atoms with E-state index in [9.17, 15) is 4.79 Å². The molecule has 0 aliphatic rings. The van der Waals surface area contributed by atoms with Gasteiger partial charge in [-0.1, -0.05) is 0 Å². The molecule has 0 saturated heterocycles. The smallest absolute Gasteiger partial charge is 0.283 e. The maximum absolute atomic E-state index is 12.1. The fourth-order valence-electron chi connectivity index (χ4n) is 1.74. The Bertz CT molecular complexity index is 659. The minimum atomic E-state index is -0.152. The van der Waals surface area contributed by atoms with Crippen LogP contribution < -0.4 is 10.9 Å². The van der Waals surface area contributed by atoms with Crippen LogP contribution in [0.2, 0.25) is 0 Å². The average molecular weight is 340 g/mol. The van der Waals surface area contributed by atoms with Crippen molar-refractivity contribution in [2.24, 2.45) is 0 Å². The first kappa shape index (κ1) is 14.8. The Labute approximate surface area is 125 Å². The molecule has 0 bridgehead atoms. The molecular formula is C13H18BrN5O. The lowest BCUT2D eigenvalue weighted by Gasteiger charge is -2.11. The summed E-state index contributed by atoms with van der Waals surface area (Å²) in [6.07, 6.45) is 5.25. The number of anilines is 2. The molecule has 0 saturated carbocycles. The summed E-state index contributed by atoms with van der Waals surface area (Å²) in [4.78, 5) is 12.1. The molecule has 20 heavy (non-hydrogen) atoms. The Morgan fingerprint density at radius 3 is 2.40 bits per heavy atom. The van der Waals surface area contributed by atoms with Crippen molar-refractivity contribution in [3.8, 4) is 0 Å². The van der Waals surface area contributed by atoms with Crippen LogP contribution >= 0.6 is 15.9 Å². The molecule has 1 N–H and O–H groups in total. The molecule has 0 radical (unpaired) electrons. The topological polar surface area (TPSA) is 64.7 Å². The lowest BCUT2D eigenvalue weighted by molar-refractivity contribution is 0.501. The largest absolute Gasteiger partial charge is 0.351 e. The first-order valence-corrected chi connectivity index (χ1v) is 7.28. The van der Waals surface area contributed by atoms with E-state index in [0.29, 0.717) is 16.2 Å². The lowest BCUT2D eigenvalue weighted by atomic mass is 10.4. The summed E-state index contributed by atoms with van der Waals surface area (Å²) in [5.41, 5.74) is 1.30. The monoisotopic (exact) mass is 339 g/mol. The Hall–Kier alpha value is -1.63. The van der Waals surface area contributed by atoms with Crippen molar-refractivity contribution in [2.75, 3.05) is 5.32 Å². The van der Waals surface area contributed by atoms with E-state index >= 15 is 0 Å². The molecule has 0 unspecified atom stereocenters. The summed E-state index contributed by atoms with van der Waals surface area (Å²) in [6.45, 7) is 7.94. The molecule has 0 atom stereocenters. The zero-order valence-electron chi connectivity index (χ0n) is 12.0. The molecule has 2 rings (SSSR count). The molecule has 2 aromatic rings. The SMILES string of the molecule is CC(C)n1cc(Nc2cnn(C(C)C)c(=O)c2Br)cn1. The van der Waals surface area contributed by atoms with Crippen molar-refractivity contribution in [1.82, 2.24) is 19.6 Å². The van der Waals surface area contributed by atoms with Gasteiger partial charge in [0.05, 0.1) is 29.8 Å². The fraction of sp³-hybridized carbons (Fsp3) is 0.462. The molecule has 0 aliphatic heterocycles. The quantitative estimate of drug-likeness (QED) is 0.929. The van der Waals surface area contributed by atoms with Gasteiger partial charge in [0, 0.05) is 12.2 Å². The van der Waals surface area contributed by atoms with E-state index in [1.807, 2.05) is 24.7 Å². The molecule has 6 nitrogen and oxygen atoms in total. The van der Waals surface area contributed by atoms with Gasteiger partial charge in [-0.25, -0.2) is 4.68 Å². The van der Waals surface area contributed by atoms with Crippen molar-refractivity contribution in [2.45, 2.75) is 39.8 Å². The maximum atomic E-state index is 12.1. The van der Waals surface area contributed by atoms with Crippen molar-refractivity contribution in [1.29, 1.82) is 0 Å². The molecule has 2 aromatic heterocycles. The Morgan fingerprint density at radius 2 is 1.85 bits per heavy atom. The van der Waals surface area contributed by atoms with Crippen LogP contribution in [0.3, 0.4) is 0 Å². The highest BCUT2D eigenvalue weighted by Crippen LogP contribution is 2.22. The van der Waals surface area contributed by atoms with Gasteiger partial charge in [0.25, 0.3) is 5.56 Å². The van der Waals surface area contributed by atoms with E-state index in [0.717, 1.165) is 5.69 Å². The summed E-state index contributed by atoms with van der Waals surface area (Å²) in [6, 6.07) is 0.317. The molecule has 0 amide bonds. The van der Waals surface area contributed by atoms with E-state index in [4.69, 9.17) is 0 Å². The highest BCUT2D eigenvalue weighted by Gasteiger charge is 2.11. The summed E-state index contributed by atoms with van der Waals surface area (Å²) < 4.78 is 3.75. The first-order chi connectivity index (χ1) is 9.40. The number of hydrogen-bond donors (Lipinski definition) is 1. The molecule has 108 valence electrons. The second-order valence-electron chi connectivity index (χ2n) is 5.14. The highest BCUT2D eigenvalue weighted by atomic mass is 79.9. The third kappa shape index (κ3) is 2.92. The fourth-order valence-corrected chi connectivity index (χ4v) is 2.12. The van der Waals surface area contributed by atoms with Gasteiger partial charge in [0.1, 0.15) is 4.47 Å². The normalized spacial score (nSPS) is 11.3. The number of aromatic nitrogens is 4. The molecule has 0 aromatic carbocycles. The van der Waals surface area contributed by atoms with E-state index in [1.54, 1.807) is 12.4 Å². The van der Waals surface area contributed by atoms with E-state index in [1.165, 1.54) is 4.68 Å². The zero-order valence-corrected chi connectivity index (χ0v) is 13.5. The number of hydrogen-bond acceptors (Lipinski definition) is 4. The van der Waals surface area contributed by atoms with Crippen LogP contribution in [0.5, 0.6) is 0 Å². The predicted molar refractivity (Wildman–Crippen MR) is 82.5 cm³/mol. The van der Waals surface area contributed by atoms with Crippen molar-refractivity contribution in [3.05, 3.63) is 33.4 Å². The third-order valence-corrected chi connectivity index (χ3v) is 3.61. The molecular weight excluding hydrogens is 322 g/mol. The van der Waals surface area contributed by atoms with Crippen molar-refractivity contribution >= 4 is 27.3 Å². The van der Waals surface area contributed by atoms with Crippen LogP contribution in [0, 0.1) is 0 Å². The molecule has 0 aliphatic carbocycles. The lowest BCUT2D eigenvalue weighted by Crippen LogP contribution is -2.25. The third-order valence-electron chi connectivity index (χ3n) is 2.84. The van der Waals surface area contributed by atoms with Gasteiger partial charge in [0.2, 0.25) is 0 Å². The van der Waals surface area contributed by atoms with Crippen LogP contribution in [-0.2, 0) is 0 Å². The highest BCUT2D eigenvalue weighted by molar-refractivity contribution is 9.10. The Kier molecular flexibility index (Phi) is 4.27. The minimum Gasteiger partial charge on any atom is -0.351 e. The zero-order chi connectivity index (χ0) is 14.9. The van der Waals surface area contributed by atoms with Crippen LogP contribution in [0.15, 0.2) is 27.9 Å². The molecule has 0 fully saturated rings. The van der Waals surface area contributed by atoms with Crippen LogP contribution in [0.4, 0.5) is 11.4 Å². The van der Waals surface area contributed by atoms with Crippen molar-refractivity contribution in [3.63, 3.8) is 0 Å². The summed E-state index contributed by atoms with van der Waals surface area (Å²) >= 11 is 3.33. The van der Waals surface area contributed by atoms with Gasteiger partial charge in [-0.2, -0.15) is 10.2 Å². The Balaban J connectivity index is 2.30. The van der Waals surface area contributed by atoms with Crippen LogP contribution in [0.1, 0.15) is 39.8 Å². The molecule has 2 heterocycles. The maximum Gasteiger partial charge on any atom is 0.283 e. The van der Waals surface area contributed by atoms with Crippen LogP contribution in [-0.4, -0.2) is 19.6 Å². The van der Waals surface area contributed by atoms with Gasteiger partial charge in [0.15, 0.2) is 0 Å². The van der Waals surface area contributed by atoms with E-state index < -0.39 is 0 Å². The van der Waals surface area contributed by atoms with Crippen molar-refractivity contribution < 1.29 is 0 Å². The number of nitrogens with one attached hydrogen (secondary N) is 1. The predicted octanol–water partition coefficient (Wildman–Crippen LogP) is 3.11. The molecule has 0 spiro atoms. The van der Waals surface area contributed by atoms with E-state index in [-0.39, 0.29) is 11.6 Å². The Morgan fingerprint density at radius 1 is 1.15 bits per heavy atom. The number of halogens is 1. The molecule has 7 heteroatoms. The van der Waals surface area contributed by atoms with E-state index in [2.05, 4.69) is 45.3 Å². The standard InChI is InChI=1S/C13H18BrN5O/c1-8(2)18-7-10(5-15-18)17-11-6-16-19(9(3)4)13(20)12(11)14/h5-9,17H,1-4H3. The number of nitrogens with zero attached hydrogens (tertiary/aromatic N) is 4. The van der Waals surface area contributed by atoms with Gasteiger partial charge in [-0.3, -0.25) is 9.48 Å². The van der Waals surface area contributed by atoms with Crippen LogP contribution in [0.25, 0.3) is 0 Å². The second-order valence-corrected chi connectivity index (χ2v) is 5.94. The summed E-state index contributed by atoms with van der Waals surface area (Å²) in [5.74, 6) is 0. The minimum absolute atomic E-state index is 0.0246. The summed E-state index contributed by atoms with van der Waals surface area (Å²) in [5, 5.41) is 11.6. The average Bonchev–Trinajstić information content (AvgIpc) is 2.83.